The predicted molar refractivity (Wildman–Crippen MR) is 85.5 cm³/mol. The fraction of sp³-hybridized carbons (Fsp3) is 0.222. The Hall–Kier alpha value is -2.62. The molecule has 4 nitrogen and oxygen atoms in total. The fourth-order valence-electron chi connectivity index (χ4n) is 2.15. The molecule has 22 heavy (non-hydrogen) atoms. The van der Waals surface area contributed by atoms with Gasteiger partial charge in [0.15, 0.2) is 0 Å². The molecule has 0 unspecified atom stereocenters. The van der Waals surface area contributed by atoms with Gasteiger partial charge in [0.2, 0.25) is 5.43 Å². The normalized spacial score (nSPS) is 18.4. The van der Waals surface area contributed by atoms with E-state index in [1.54, 1.807) is 0 Å². The summed E-state index contributed by atoms with van der Waals surface area (Å²) >= 11 is 0. The Morgan fingerprint density at radius 1 is 1.23 bits per heavy atom. The molecule has 0 aliphatic rings. The maximum atomic E-state index is 13.3. The van der Waals surface area contributed by atoms with Crippen LogP contribution in [0.1, 0.15) is 34.6 Å². The predicted octanol–water partition coefficient (Wildman–Crippen LogP) is 3.50. The van der Waals surface area contributed by atoms with Crippen LogP contribution in [0.25, 0.3) is 21.9 Å². The number of aliphatic carboxylic acids is 1. The second-order valence-electron chi connectivity index (χ2n) is 4.77. The first-order valence-corrected chi connectivity index (χ1v) is 6.29. The zero-order valence-electron chi connectivity index (χ0n) is 20.7. The van der Waals surface area contributed by atoms with Gasteiger partial charge in [-0.05, 0) is 49.5 Å². The van der Waals surface area contributed by atoms with E-state index < -0.39 is 81.9 Å². The maximum Gasteiger partial charge on any atom is 0.307 e. The topological polar surface area (TPSA) is 67.5 Å². The average Bonchev–Trinajstić information content (AvgIpc) is 2.62. The lowest BCUT2D eigenvalue weighted by atomic mass is 9.99. The fourth-order valence-corrected chi connectivity index (χ4v) is 2.15. The number of hydrogen-bond donors (Lipinski definition) is 1. The number of hydrogen-bond acceptors (Lipinski definition) is 3. The maximum absolute atomic E-state index is 13.3. The summed E-state index contributed by atoms with van der Waals surface area (Å²) in [5.41, 5.74) is -4.03. The third-order valence-corrected chi connectivity index (χ3v) is 3.30. The zero-order valence-corrected chi connectivity index (χ0v) is 11.7. The SMILES string of the molecule is [2H]c1c(C)c(C([2H])([2H])[2H])c2oc3c(C([2H])([2H])C(=O)O)c(C)c([2H])c([2H])c3c(=O)c2c1[2H]. The van der Waals surface area contributed by atoms with E-state index >= 15 is 0 Å². The molecule has 0 atom stereocenters. The van der Waals surface area contributed by atoms with Crippen LogP contribution in [0.15, 0.2) is 33.4 Å². The van der Waals surface area contributed by atoms with E-state index in [0.717, 1.165) is 0 Å². The highest BCUT2D eigenvalue weighted by Gasteiger charge is 2.16. The van der Waals surface area contributed by atoms with Crippen LogP contribution in [0.5, 0.6) is 0 Å². The van der Waals surface area contributed by atoms with Crippen LogP contribution in [0.2, 0.25) is 0 Å². The van der Waals surface area contributed by atoms with Crippen molar-refractivity contribution >= 4 is 27.9 Å². The van der Waals surface area contributed by atoms with Gasteiger partial charge in [0.25, 0.3) is 0 Å². The molecule has 4 heteroatoms. The Kier molecular flexibility index (Phi) is 1.61. The largest absolute Gasteiger partial charge is 0.481 e. The van der Waals surface area contributed by atoms with Crippen molar-refractivity contribution in [3.63, 3.8) is 0 Å². The highest BCUT2D eigenvalue weighted by atomic mass is 16.4. The molecule has 3 rings (SSSR count). The highest BCUT2D eigenvalue weighted by molar-refractivity contribution is 5.94. The Morgan fingerprint density at radius 2 is 1.86 bits per heavy atom. The van der Waals surface area contributed by atoms with Gasteiger partial charge in [-0.1, -0.05) is 12.1 Å². The first kappa shape index (κ1) is 7.09. The Labute approximate surface area is 139 Å². The summed E-state index contributed by atoms with van der Waals surface area (Å²) in [6.07, 6.45) is -3.14. The van der Waals surface area contributed by atoms with Gasteiger partial charge in [0.05, 0.1) is 22.6 Å². The summed E-state index contributed by atoms with van der Waals surface area (Å²) in [6, 6.07) is -2.48. The van der Waals surface area contributed by atoms with E-state index in [1.165, 1.54) is 13.8 Å². The first-order valence-electron chi connectivity index (χ1n) is 10.8. The van der Waals surface area contributed by atoms with Gasteiger partial charge >= 0.3 is 5.97 Å². The molecule has 0 spiro atoms. The van der Waals surface area contributed by atoms with Crippen molar-refractivity contribution in [1.29, 1.82) is 0 Å². The minimum Gasteiger partial charge on any atom is -0.481 e. The third kappa shape index (κ3) is 2.08. The van der Waals surface area contributed by atoms with Gasteiger partial charge in [-0.15, -0.1) is 0 Å². The lowest BCUT2D eigenvalue weighted by Gasteiger charge is -2.10. The summed E-state index contributed by atoms with van der Waals surface area (Å²) in [5, 5.41) is 8.12. The molecule has 0 amide bonds. The van der Waals surface area contributed by atoms with Crippen LogP contribution in [-0.2, 0) is 11.2 Å². The number of carboxylic acids is 1. The van der Waals surface area contributed by atoms with Gasteiger partial charge in [0, 0.05) is 12.4 Å². The van der Waals surface area contributed by atoms with Crippen LogP contribution in [0, 0.1) is 20.7 Å². The first-order chi connectivity index (χ1) is 14.0. The van der Waals surface area contributed by atoms with Crippen molar-refractivity contribution < 1.29 is 26.7 Å². The zero-order chi connectivity index (χ0) is 23.8. The molecule has 1 aromatic heterocycles. The van der Waals surface area contributed by atoms with Crippen molar-refractivity contribution in [3.8, 4) is 0 Å². The summed E-state index contributed by atoms with van der Waals surface area (Å²) in [4.78, 5) is 24.9. The van der Waals surface area contributed by atoms with Crippen LogP contribution in [-0.4, -0.2) is 11.1 Å². The van der Waals surface area contributed by atoms with Crippen LogP contribution >= 0.6 is 0 Å². The molecule has 0 radical (unpaired) electrons. The molecule has 1 N–H and O–H groups in total. The number of carbonyl (C=O) groups is 1. The second kappa shape index (κ2) is 4.98. The van der Waals surface area contributed by atoms with Gasteiger partial charge < -0.3 is 9.52 Å². The molecule has 112 valence electrons. The molecule has 0 saturated heterocycles. The monoisotopic (exact) mass is 305 g/mol. The molecule has 0 aliphatic carbocycles. The highest BCUT2D eigenvalue weighted by Crippen LogP contribution is 2.27. The molecule has 0 aliphatic heterocycles. The third-order valence-electron chi connectivity index (χ3n) is 3.30. The van der Waals surface area contributed by atoms with E-state index in [-0.39, 0.29) is 11.1 Å². The van der Waals surface area contributed by atoms with Crippen molar-refractivity contribution in [1.82, 2.24) is 0 Å². The van der Waals surface area contributed by atoms with Crippen molar-refractivity contribution in [2.75, 3.05) is 0 Å². The Balaban J connectivity index is 2.82. The number of carboxylic acid groups (broad SMARTS) is 1. The summed E-state index contributed by atoms with van der Waals surface area (Å²) in [7, 11) is 0. The molecular formula is C18H16O4. The number of aryl methyl sites for hydroxylation is 1. The van der Waals surface area contributed by atoms with E-state index in [2.05, 4.69) is 0 Å². The molecule has 0 saturated carbocycles. The molecule has 1 heterocycles. The molecule has 0 fully saturated rings. The van der Waals surface area contributed by atoms with Crippen LogP contribution < -0.4 is 5.43 Å². The Bertz CT molecular complexity index is 1350. The van der Waals surface area contributed by atoms with Gasteiger partial charge in [-0.2, -0.15) is 0 Å². The quantitative estimate of drug-likeness (QED) is 0.736. The van der Waals surface area contributed by atoms with E-state index in [0.29, 0.717) is 0 Å². The second-order valence-corrected chi connectivity index (χ2v) is 4.77. The minimum absolute atomic E-state index is 0.150. The van der Waals surface area contributed by atoms with Crippen molar-refractivity contribution in [2.24, 2.45) is 0 Å². The lowest BCUT2D eigenvalue weighted by Crippen LogP contribution is -2.08. The smallest absolute Gasteiger partial charge is 0.307 e. The van der Waals surface area contributed by atoms with E-state index in [9.17, 15) is 14.7 Å². The lowest BCUT2D eigenvalue weighted by molar-refractivity contribution is -0.136. The molecule has 3 aromatic rings. The van der Waals surface area contributed by atoms with Gasteiger partial charge in [-0.25, -0.2) is 0 Å². The average molecular weight is 305 g/mol. The molecule has 0 bridgehead atoms. The summed E-state index contributed by atoms with van der Waals surface area (Å²) in [5.74, 6) is -1.94. The molecular weight excluding hydrogens is 280 g/mol. The number of fused-ring (bicyclic) bond motifs is 2. The molecule has 2 aromatic carbocycles. The van der Waals surface area contributed by atoms with Crippen LogP contribution in [0.3, 0.4) is 0 Å². The van der Waals surface area contributed by atoms with Gasteiger partial charge in [0.1, 0.15) is 11.2 Å². The number of rotatable bonds is 2. The van der Waals surface area contributed by atoms with Crippen molar-refractivity contribution in [3.05, 3.63) is 56.6 Å². The minimum atomic E-state index is -3.14. The van der Waals surface area contributed by atoms with Gasteiger partial charge in [-0.3, -0.25) is 9.59 Å². The van der Waals surface area contributed by atoms with E-state index in [1.807, 2.05) is 0 Å². The number of benzene rings is 2. The van der Waals surface area contributed by atoms with Crippen molar-refractivity contribution in [2.45, 2.75) is 27.1 Å². The summed E-state index contributed by atoms with van der Waals surface area (Å²) in [6.45, 7) is -0.425. The Morgan fingerprint density at radius 3 is 2.50 bits per heavy atom. The summed E-state index contributed by atoms with van der Waals surface area (Å²) < 4.78 is 77.4. The van der Waals surface area contributed by atoms with E-state index in [4.69, 9.17) is 16.8 Å². The standard InChI is InChI=1S/C18H16O4/c1-9-4-6-12-16(21)13-7-5-10(2)14(8-15(19)20)18(13)22-17(12)11(9)3/h4-7H,8H2,1-3H3,(H,19,20)/i3D3,4D,5D,6D,7D,8D2. The van der Waals surface area contributed by atoms with Crippen LogP contribution in [0.4, 0.5) is 0 Å².